The summed E-state index contributed by atoms with van der Waals surface area (Å²) < 4.78 is 32.0. The van der Waals surface area contributed by atoms with Gasteiger partial charge in [-0.2, -0.15) is 0 Å². The van der Waals surface area contributed by atoms with Gasteiger partial charge in [0.15, 0.2) is 0 Å². The largest absolute Gasteiger partial charge is 0.494 e. The summed E-state index contributed by atoms with van der Waals surface area (Å²) in [4.78, 5) is 10.3. The number of alkyl halides is 2. The molecular weight excluding hydrogens is 242 g/mol. The van der Waals surface area contributed by atoms with Gasteiger partial charge in [-0.15, -0.1) is 0 Å². The molecular formula is C13H16F2O3. The van der Waals surface area contributed by atoms with Crippen molar-refractivity contribution in [2.24, 2.45) is 0 Å². The summed E-state index contributed by atoms with van der Waals surface area (Å²) in [7, 11) is 0. The van der Waals surface area contributed by atoms with E-state index in [0.717, 1.165) is 5.56 Å². The van der Waals surface area contributed by atoms with Crippen molar-refractivity contribution in [2.45, 2.75) is 32.6 Å². The number of hydrogen-bond donors (Lipinski definition) is 1. The molecule has 5 heteroatoms. The SMILES string of the molecule is CCOc1ccc(CC(F)(F)CC(=O)O)cc1C. The Morgan fingerprint density at radius 1 is 1.44 bits per heavy atom. The lowest BCUT2D eigenvalue weighted by Crippen LogP contribution is -2.23. The summed E-state index contributed by atoms with van der Waals surface area (Å²) in [5.74, 6) is -4.07. The van der Waals surface area contributed by atoms with Crippen LogP contribution in [0.25, 0.3) is 0 Å². The van der Waals surface area contributed by atoms with Crippen LogP contribution < -0.4 is 4.74 Å². The molecule has 0 amide bonds. The van der Waals surface area contributed by atoms with Crippen LogP contribution in [0.1, 0.15) is 24.5 Å². The Kier molecular flexibility index (Phi) is 4.64. The van der Waals surface area contributed by atoms with Crippen LogP contribution in [-0.2, 0) is 11.2 Å². The molecule has 18 heavy (non-hydrogen) atoms. The van der Waals surface area contributed by atoms with Gasteiger partial charge in [0.1, 0.15) is 12.2 Å². The second-order valence-electron chi connectivity index (χ2n) is 4.14. The molecule has 0 unspecified atom stereocenters. The summed E-state index contributed by atoms with van der Waals surface area (Å²) in [6, 6.07) is 4.76. The van der Waals surface area contributed by atoms with Crippen LogP contribution in [0.15, 0.2) is 18.2 Å². The second kappa shape index (κ2) is 5.80. The van der Waals surface area contributed by atoms with Gasteiger partial charge in [0.05, 0.1) is 6.61 Å². The van der Waals surface area contributed by atoms with Crippen molar-refractivity contribution >= 4 is 5.97 Å². The summed E-state index contributed by atoms with van der Waals surface area (Å²) in [5, 5.41) is 8.40. The van der Waals surface area contributed by atoms with Crippen LogP contribution in [0.3, 0.4) is 0 Å². The molecule has 0 aliphatic heterocycles. The van der Waals surface area contributed by atoms with E-state index in [4.69, 9.17) is 9.84 Å². The quantitative estimate of drug-likeness (QED) is 0.853. The first-order chi connectivity index (χ1) is 8.34. The minimum Gasteiger partial charge on any atom is -0.494 e. The lowest BCUT2D eigenvalue weighted by Gasteiger charge is -2.15. The van der Waals surface area contributed by atoms with E-state index in [1.165, 1.54) is 6.07 Å². The van der Waals surface area contributed by atoms with E-state index in [0.29, 0.717) is 17.9 Å². The van der Waals surface area contributed by atoms with Crippen molar-refractivity contribution < 1.29 is 23.4 Å². The molecule has 1 aromatic rings. The molecule has 1 rings (SSSR count). The number of halogens is 2. The van der Waals surface area contributed by atoms with Gasteiger partial charge in [0, 0.05) is 6.42 Å². The first-order valence-corrected chi connectivity index (χ1v) is 5.66. The van der Waals surface area contributed by atoms with Gasteiger partial charge >= 0.3 is 5.97 Å². The number of carboxylic acid groups (broad SMARTS) is 1. The Labute approximate surface area is 104 Å². The fraction of sp³-hybridized carbons (Fsp3) is 0.462. The van der Waals surface area contributed by atoms with Gasteiger partial charge in [-0.25, -0.2) is 8.78 Å². The highest BCUT2D eigenvalue weighted by molar-refractivity contribution is 5.67. The zero-order chi connectivity index (χ0) is 13.8. The zero-order valence-electron chi connectivity index (χ0n) is 10.4. The van der Waals surface area contributed by atoms with E-state index in [-0.39, 0.29) is 0 Å². The molecule has 3 nitrogen and oxygen atoms in total. The minimum atomic E-state index is -3.23. The summed E-state index contributed by atoms with van der Waals surface area (Å²) >= 11 is 0. The number of carboxylic acids is 1. The standard InChI is InChI=1S/C13H16F2O3/c1-3-18-11-5-4-10(6-9(11)2)7-13(14,15)8-12(16)17/h4-6H,3,7-8H2,1-2H3,(H,16,17). The first kappa shape index (κ1) is 14.4. The van der Waals surface area contributed by atoms with Crippen molar-refractivity contribution in [2.75, 3.05) is 6.61 Å². The van der Waals surface area contributed by atoms with Crippen LogP contribution in [0.5, 0.6) is 5.75 Å². The molecule has 0 heterocycles. The number of carbonyl (C=O) groups is 1. The summed E-state index contributed by atoms with van der Waals surface area (Å²) in [5.41, 5.74) is 1.17. The number of rotatable bonds is 6. The Balaban J connectivity index is 2.79. The van der Waals surface area contributed by atoms with Gasteiger partial charge in [-0.3, -0.25) is 4.79 Å². The molecule has 0 aliphatic rings. The van der Waals surface area contributed by atoms with Crippen molar-refractivity contribution in [1.29, 1.82) is 0 Å². The second-order valence-corrected chi connectivity index (χ2v) is 4.14. The third-order valence-corrected chi connectivity index (χ3v) is 2.41. The lowest BCUT2D eigenvalue weighted by molar-refractivity contribution is -0.144. The number of aliphatic carboxylic acids is 1. The molecule has 0 saturated carbocycles. The normalized spacial score (nSPS) is 11.3. The van der Waals surface area contributed by atoms with E-state index >= 15 is 0 Å². The lowest BCUT2D eigenvalue weighted by atomic mass is 10.0. The highest BCUT2D eigenvalue weighted by atomic mass is 19.3. The van der Waals surface area contributed by atoms with E-state index in [1.807, 2.05) is 6.92 Å². The molecule has 0 radical (unpaired) electrons. The summed E-state index contributed by atoms with van der Waals surface area (Å²) in [6.07, 6.45) is -1.73. The molecule has 0 fully saturated rings. The Bertz CT molecular complexity index is 430. The average Bonchev–Trinajstić information content (AvgIpc) is 2.19. The van der Waals surface area contributed by atoms with Crippen LogP contribution >= 0.6 is 0 Å². The zero-order valence-corrected chi connectivity index (χ0v) is 10.4. The fourth-order valence-electron chi connectivity index (χ4n) is 1.72. The predicted molar refractivity (Wildman–Crippen MR) is 63.3 cm³/mol. The molecule has 1 N–H and O–H groups in total. The number of benzene rings is 1. The molecule has 1 aromatic carbocycles. The van der Waals surface area contributed by atoms with E-state index in [2.05, 4.69) is 0 Å². The molecule has 0 atom stereocenters. The van der Waals surface area contributed by atoms with Gasteiger partial charge in [-0.1, -0.05) is 12.1 Å². The van der Waals surface area contributed by atoms with E-state index < -0.39 is 24.7 Å². The smallest absolute Gasteiger partial charge is 0.309 e. The van der Waals surface area contributed by atoms with Crippen molar-refractivity contribution in [3.8, 4) is 5.75 Å². The molecule has 0 aliphatic carbocycles. The molecule has 100 valence electrons. The first-order valence-electron chi connectivity index (χ1n) is 5.66. The highest BCUT2D eigenvalue weighted by Gasteiger charge is 2.32. The maximum atomic E-state index is 13.3. The molecule has 0 spiro atoms. The van der Waals surface area contributed by atoms with Crippen LogP contribution in [0.4, 0.5) is 8.78 Å². The third-order valence-electron chi connectivity index (χ3n) is 2.41. The highest BCUT2D eigenvalue weighted by Crippen LogP contribution is 2.27. The maximum absolute atomic E-state index is 13.3. The topological polar surface area (TPSA) is 46.5 Å². The Morgan fingerprint density at radius 2 is 2.11 bits per heavy atom. The molecule has 0 saturated heterocycles. The van der Waals surface area contributed by atoms with Gasteiger partial charge < -0.3 is 9.84 Å². The number of hydrogen-bond acceptors (Lipinski definition) is 2. The van der Waals surface area contributed by atoms with E-state index in [9.17, 15) is 13.6 Å². The monoisotopic (exact) mass is 258 g/mol. The molecule has 0 aromatic heterocycles. The van der Waals surface area contributed by atoms with Crippen LogP contribution in [0, 0.1) is 6.92 Å². The van der Waals surface area contributed by atoms with Crippen LogP contribution in [0.2, 0.25) is 0 Å². The Morgan fingerprint density at radius 3 is 2.61 bits per heavy atom. The fourth-order valence-corrected chi connectivity index (χ4v) is 1.72. The van der Waals surface area contributed by atoms with Gasteiger partial charge in [0.2, 0.25) is 0 Å². The van der Waals surface area contributed by atoms with Crippen molar-refractivity contribution in [3.63, 3.8) is 0 Å². The minimum absolute atomic E-state index is 0.405. The van der Waals surface area contributed by atoms with Gasteiger partial charge in [-0.05, 0) is 31.0 Å². The maximum Gasteiger partial charge on any atom is 0.309 e. The van der Waals surface area contributed by atoms with Crippen molar-refractivity contribution in [1.82, 2.24) is 0 Å². The summed E-state index contributed by atoms with van der Waals surface area (Å²) in [6.45, 7) is 4.12. The molecule has 0 bridgehead atoms. The predicted octanol–water partition coefficient (Wildman–Crippen LogP) is 3.05. The van der Waals surface area contributed by atoms with Crippen molar-refractivity contribution in [3.05, 3.63) is 29.3 Å². The van der Waals surface area contributed by atoms with Crippen LogP contribution in [-0.4, -0.2) is 23.6 Å². The number of aryl methyl sites for hydroxylation is 1. The Hall–Kier alpha value is -1.65. The number of ether oxygens (including phenoxy) is 1. The third kappa shape index (κ3) is 4.31. The van der Waals surface area contributed by atoms with Gasteiger partial charge in [0.25, 0.3) is 5.92 Å². The average molecular weight is 258 g/mol. The van der Waals surface area contributed by atoms with E-state index in [1.54, 1.807) is 19.1 Å².